The van der Waals surface area contributed by atoms with Gasteiger partial charge in [0.1, 0.15) is 5.82 Å². The molecule has 29 heavy (non-hydrogen) atoms. The van der Waals surface area contributed by atoms with Crippen LogP contribution in [0.3, 0.4) is 0 Å². The Morgan fingerprint density at radius 1 is 1.00 bits per heavy atom. The highest BCUT2D eigenvalue weighted by Gasteiger charge is 2.15. The van der Waals surface area contributed by atoms with E-state index in [9.17, 15) is 4.39 Å². The zero-order valence-corrected chi connectivity index (χ0v) is 17.3. The van der Waals surface area contributed by atoms with Crippen molar-refractivity contribution in [2.75, 3.05) is 17.3 Å². The van der Waals surface area contributed by atoms with Gasteiger partial charge in [-0.05, 0) is 61.5 Å². The first kappa shape index (κ1) is 19.3. The molecule has 0 amide bonds. The quantitative estimate of drug-likeness (QED) is 0.411. The van der Waals surface area contributed by atoms with E-state index in [0.717, 1.165) is 27.1 Å². The Morgan fingerprint density at radius 3 is 2.45 bits per heavy atom. The second kappa shape index (κ2) is 8.14. The number of aromatic nitrogens is 3. The van der Waals surface area contributed by atoms with Crippen LogP contribution in [-0.4, -0.2) is 22.0 Å². The Hall–Kier alpha value is -3.03. The molecule has 146 valence electrons. The van der Waals surface area contributed by atoms with Crippen molar-refractivity contribution in [2.45, 2.75) is 6.92 Å². The van der Waals surface area contributed by atoms with Gasteiger partial charge >= 0.3 is 0 Å². The third kappa shape index (κ3) is 4.36. The van der Waals surface area contributed by atoms with Crippen molar-refractivity contribution in [3.8, 4) is 10.6 Å². The summed E-state index contributed by atoms with van der Waals surface area (Å²) < 4.78 is 13.1. The highest BCUT2D eigenvalue weighted by molar-refractivity contribution is 7.19. The summed E-state index contributed by atoms with van der Waals surface area (Å²) in [7, 11) is 1.97. The largest absolute Gasteiger partial charge is 0.324 e. The average Bonchev–Trinajstić information content (AvgIpc) is 3.12. The normalized spacial score (nSPS) is 10.8. The fourth-order valence-corrected chi connectivity index (χ4v) is 3.89. The van der Waals surface area contributed by atoms with Crippen molar-refractivity contribution >= 4 is 45.4 Å². The van der Waals surface area contributed by atoms with E-state index in [-0.39, 0.29) is 5.82 Å². The van der Waals surface area contributed by atoms with Crippen LogP contribution in [0, 0.1) is 12.7 Å². The minimum absolute atomic E-state index is 0.289. The molecule has 2 heterocycles. The van der Waals surface area contributed by atoms with E-state index in [4.69, 9.17) is 16.6 Å². The molecule has 5 nitrogen and oxygen atoms in total. The Bertz CT molecular complexity index is 1130. The maximum atomic E-state index is 13.1. The van der Waals surface area contributed by atoms with E-state index in [2.05, 4.69) is 15.3 Å². The van der Waals surface area contributed by atoms with Crippen molar-refractivity contribution in [3.63, 3.8) is 0 Å². The van der Waals surface area contributed by atoms with Gasteiger partial charge in [0.2, 0.25) is 5.95 Å². The van der Waals surface area contributed by atoms with E-state index in [1.54, 1.807) is 29.7 Å². The Kier molecular flexibility index (Phi) is 5.42. The lowest BCUT2D eigenvalue weighted by molar-refractivity contribution is 0.628. The Labute approximate surface area is 176 Å². The second-order valence-corrected chi connectivity index (χ2v) is 7.76. The first-order valence-corrected chi connectivity index (χ1v) is 10.0. The van der Waals surface area contributed by atoms with Crippen molar-refractivity contribution in [2.24, 2.45) is 0 Å². The molecule has 8 heteroatoms. The summed E-state index contributed by atoms with van der Waals surface area (Å²) in [6.45, 7) is 1.96. The topological polar surface area (TPSA) is 53.9 Å². The predicted octanol–water partition coefficient (Wildman–Crippen LogP) is 6.21. The maximum absolute atomic E-state index is 13.1. The molecular formula is C21H17ClFN5S. The minimum atomic E-state index is -0.289. The van der Waals surface area contributed by atoms with Gasteiger partial charge in [0.25, 0.3) is 0 Å². The molecule has 0 aliphatic carbocycles. The SMILES string of the molecule is Cc1nc(N(C)c2ccc(Cl)cc2)sc1-c1ccnc(Nc2ccc(F)cc2)n1. The maximum Gasteiger partial charge on any atom is 0.227 e. The Balaban J connectivity index is 1.60. The molecule has 0 radical (unpaired) electrons. The number of thiazole rings is 1. The summed E-state index contributed by atoms with van der Waals surface area (Å²) in [5, 5.41) is 4.64. The molecule has 2 aromatic heterocycles. The summed E-state index contributed by atoms with van der Waals surface area (Å²) >= 11 is 7.53. The van der Waals surface area contributed by atoms with Crippen LogP contribution in [-0.2, 0) is 0 Å². The van der Waals surface area contributed by atoms with Crippen LogP contribution in [0.4, 0.5) is 26.8 Å². The molecular weight excluding hydrogens is 409 g/mol. The highest BCUT2D eigenvalue weighted by atomic mass is 35.5. The van der Waals surface area contributed by atoms with Crippen LogP contribution < -0.4 is 10.2 Å². The van der Waals surface area contributed by atoms with Gasteiger partial charge in [0.05, 0.1) is 16.3 Å². The third-order valence-corrected chi connectivity index (χ3v) is 5.78. The van der Waals surface area contributed by atoms with E-state index >= 15 is 0 Å². The summed E-state index contributed by atoms with van der Waals surface area (Å²) in [5.41, 5.74) is 3.37. The number of halogens is 2. The van der Waals surface area contributed by atoms with Crippen molar-refractivity contribution in [3.05, 3.63) is 77.3 Å². The highest BCUT2D eigenvalue weighted by Crippen LogP contribution is 2.36. The second-order valence-electron chi connectivity index (χ2n) is 6.34. The molecule has 0 atom stereocenters. The van der Waals surface area contributed by atoms with Crippen LogP contribution in [0.1, 0.15) is 5.69 Å². The summed E-state index contributed by atoms with van der Waals surface area (Å²) in [5.74, 6) is 0.150. The van der Waals surface area contributed by atoms with Crippen LogP contribution in [0.25, 0.3) is 10.6 Å². The molecule has 1 N–H and O–H groups in total. The molecule has 0 bridgehead atoms. The zero-order chi connectivity index (χ0) is 20.4. The van der Waals surface area contributed by atoms with E-state index in [1.165, 1.54) is 12.1 Å². The van der Waals surface area contributed by atoms with Gasteiger partial charge in [0, 0.05) is 29.6 Å². The van der Waals surface area contributed by atoms with E-state index in [1.807, 2.05) is 49.2 Å². The zero-order valence-electron chi connectivity index (χ0n) is 15.7. The number of benzene rings is 2. The number of nitrogens with zero attached hydrogens (tertiary/aromatic N) is 4. The molecule has 0 aliphatic heterocycles. The van der Waals surface area contributed by atoms with Crippen molar-refractivity contribution in [1.29, 1.82) is 0 Å². The first-order valence-electron chi connectivity index (χ1n) is 8.82. The molecule has 0 unspecified atom stereocenters. The molecule has 0 spiro atoms. The molecule has 0 fully saturated rings. The average molecular weight is 426 g/mol. The van der Waals surface area contributed by atoms with E-state index < -0.39 is 0 Å². The molecule has 0 saturated carbocycles. The number of hydrogen-bond acceptors (Lipinski definition) is 6. The molecule has 2 aromatic carbocycles. The summed E-state index contributed by atoms with van der Waals surface area (Å²) in [6.07, 6.45) is 1.69. The number of nitrogens with one attached hydrogen (secondary N) is 1. The standard InChI is InChI=1S/C21H17ClFN5S/c1-13-19(29-21(25-13)28(2)17-9-3-14(22)4-10-17)18-11-12-24-20(27-18)26-16-7-5-15(23)6-8-16/h3-12H,1-2H3,(H,24,26,27). The van der Waals surface area contributed by atoms with Gasteiger partial charge in [-0.15, -0.1) is 0 Å². The third-order valence-electron chi connectivity index (χ3n) is 4.27. The van der Waals surface area contributed by atoms with Gasteiger partial charge < -0.3 is 10.2 Å². The summed E-state index contributed by atoms with van der Waals surface area (Å²) in [4.78, 5) is 16.5. The van der Waals surface area contributed by atoms with Crippen LogP contribution in [0.15, 0.2) is 60.8 Å². The Morgan fingerprint density at radius 2 is 1.72 bits per heavy atom. The van der Waals surface area contributed by atoms with Gasteiger partial charge in [-0.3, -0.25) is 0 Å². The van der Waals surface area contributed by atoms with Gasteiger partial charge in [-0.1, -0.05) is 22.9 Å². The lowest BCUT2D eigenvalue weighted by atomic mass is 10.3. The fourth-order valence-electron chi connectivity index (χ4n) is 2.75. The molecule has 0 aliphatic rings. The molecule has 4 rings (SSSR count). The van der Waals surface area contributed by atoms with Crippen LogP contribution in [0.2, 0.25) is 5.02 Å². The molecule has 0 saturated heterocycles. The number of hydrogen-bond donors (Lipinski definition) is 1. The van der Waals surface area contributed by atoms with Crippen molar-refractivity contribution < 1.29 is 4.39 Å². The van der Waals surface area contributed by atoms with Gasteiger partial charge in [-0.25, -0.2) is 19.3 Å². The predicted molar refractivity (Wildman–Crippen MR) is 117 cm³/mol. The smallest absolute Gasteiger partial charge is 0.227 e. The number of anilines is 4. The van der Waals surface area contributed by atoms with E-state index in [0.29, 0.717) is 16.7 Å². The number of rotatable bonds is 5. The fraction of sp³-hybridized carbons (Fsp3) is 0.0952. The first-order chi connectivity index (χ1) is 14.0. The van der Waals surface area contributed by atoms with Crippen LogP contribution >= 0.6 is 22.9 Å². The number of aryl methyl sites for hydroxylation is 1. The lowest BCUT2D eigenvalue weighted by Crippen LogP contribution is -2.08. The summed E-state index contributed by atoms with van der Waals surface area (Å²) in [6, 6.07) is 15.5. The van der Waals surface area contributed by atoms with Crippen LogP contribution in [0.5, 0.6) is 0 Å². The lowest BCUT2D eigenvalue weighted by Gasteiger charge is -2.15. The minimum Gasteiger partial charge on any atom is -0.324 e. The monoisotopic (exact) mass is 425 g/mol. The van der Waals surface area contributed by atoms with Crippen molar-refractivity contribution in [1.82, 2.24) is 15.0 Å². The van der Waals surface area contributed by atoms with Gasteiger partial charge in [-0.2, -0.15) is 0 Å². The molecule has 4 aromatic rings. The van der Waals surface area contributed by atoms with Gasteiger partial charge in [0.15, 0.2) is 5.13 Å².